The van der Waals surface area contributed by atoms with Gasteiger partial charge in [0.25, 0.3) is 0 Å². The van der Waals surface area contributed by atoms with Crippen molar-refractivity contribution in [3.05, 3.63) is 111 Å². The summed E-state index contributed by atoms with van der Waals surface area (Å²) < 4.78 is 7.98. The average Bonchev–Trinajstić information content (AvgIpc) is 3.12. The molecule has 0 saturated carbocycles. The summed E-state index contributed by atoms with van der Waals surface area (Å²) in [7, 11) is 0. The maximum absolute atomic E-state index is 11.1. The number of hydrogen-bond acceptors (Lipinski definition) is 6. The van der Waals surface area contributed by atoms with Gasteiger partial charge in [0.2, 0.25) is 5.82 Å². The van der Waals surface area contributed by atoms with Gasteiger partial charge >= 0.3 is 5.69 Å². The second-order valence-corrected chi connectivity index (χ2v) is 8.01. The minimum Gasteiger partial charge on any atom is -0.489 e. The lowest BCUT2D eigenvalue weighted by Crippen LogP contribution is -2.01. The molecule has 2 heterocycles. The molecule has 2 aromatic heterocycles. The predicted molar refractivity (Wildman–Crippen MR) is 133 cm³/mol. The van der Waals surface area contributed by atoms with Gasteiger partial charge in [-0.2, -0.15) is 5.10 Å². The fourth-order valence-corrected chi connectivity index (χ4v) is 3.67. The lowest BCUT2D eigenvalue weighted by Gasteiger charge is -2.11. The molecular formula is C25H22ClN5O3. The van der Waals surface area contributed by atoms with Gasteiger partial charge in [-0.15, -0.1) is 0 Å². The van der Waals surface area contributed by atoms with Crippen LogP contribution < -0.4 is 10.2 Å². The van der Waals surface area contributed by atoms with Crippen molar-refractivity contribution >= 4 is 29.3 Å². The maximum atomic E-state index is 11.1. The first-order valence-corrected chi connectivity index (χ1v) is 10.9. The summed E-state index contributed by atoms with van der Waals surface area (Å²) in [6.45, 7) is 4.45. The van der Waals surface area contributed by atoms with Crippen LogP contribution in [-0.4, -0.2) is 20.7 Å². The van der Waals surface area contributed by atoms with Gasteiger partial charge in [0, 0.05) is 39.9 Å². The summed E-state index contributed by atoms with van der Waals surface area (Å²) in [5.74, 6) is 0.857. The summed E-state index contributed by atoms with van der Waals surface area (Å²) >= 11 is 5.92. The molecule has 0 bridgehead atoms. The molecule has 8 nitrogen and oxygen atoms in total. The Labute approximate surface area is 201 Å². The summed E-state index contributed by atoms with van der Waals surface area (Å²) in [6.07, 6.45) is 3.10. The number of rotatable bonds is 8. The van der Waals surface area contributed by atoms with Crippen molar-refractivity contribution in [3.8, 4) is 11.4 Å². The van der Waals surface area contributed by atoms with Crippen LogP contribution in [0.5, 0.6) is 5.75 Å². The molecule has 1 N–H and O–H groups in total. The van der Waals surface area contributed by atoms with E-state index in [9.17, 15) is 10.1 Å². The predicted octanol–water partition coefficient (Wildman–Crippen LogP) is 6.08. The van der Waals surface area contributed by atoms with Crippen molar-refractivity contribution in [3.63, 3.8) is 0 Å². The molecule has 9 heteroatoms. The first kappa shape index (κ1) is 23.0. The van der Waals surface area contributed by atoms with E-state index in [0.29, 0.717) is 11.6 Å². The molecule has 0 saturated heterocycles. The van der Waals surface area contributed by atoms with E-state index in [1.807, 2.05) is 68.4 Å². The molecule has 0 aliphatic carbocycles. The monoisotopic (exact) mass is 475 g/mol. The van der Waals surface area contributed by atoms with E-state index < -0.39 is 4.92 Å². The Kier molecular flexibility index (Phi) is 6.89. The zero-order valence-electron chi connectivity index (χ0n) is 18.6. The zero-order chi connectivity index (χ0) is 24.1. The molecule has 0 spiro atoms. The van der Waals surface area contributed by atoms with Crippen LogP contribution in [0.15, 0.2) is 78.0 Å². The smallest absolute Gasteiger partial charge is 0.313 e. The SMILES string of the molecule is Cc1cc(/C=N\Nc2ncccc2[N+](=O)[O-])c(C)n1-c1ccc(OCc2ccc(Cl)cc2)cc1. The minimum absolute atomic E-state index is 0.0896. The van der Waals surface area contributed by atoms with Gasteiger partial charge in [0.1, 0.15) is 12.4 Å². The van der Waals surface area contributed by atoms with E-state index in [-0.39, 0.29) is 11.5 Å². The Morgan fingerprint density at radius 3 is 2.59 bits per heavy atom. The third-order valence-corrected chi connectivity index (χ3v) is 5.49. The van der Waals surface area contributed by atoms with E-state index in [4.69, 9.17) is 16.3 Å². The van der Waals surface area contributed by atoms with Gasteiger partial charge in [0.05, 0.1) is 11.1 Å². The number of aryl methyl sites for hydroxylation is 1. The standard InChI is InChI=1S/C25H22ClN5O3/c1-17-14-20(15-28-29-25-24(31(32)33)4-3-13-27-25)18(2)30(17)22-9-11-23(12-10-22)34-16-19-5-7-21(26)8-6-19/h3-15H,16H2,1-2H3,(H,27,29)/b28-15-. The Balaban J connectivity index is 1.46. The number of hydrazone groups is 1. The lowest BCUT2D eigenvalue weighted by molar-refractivity contribution is -0.384. The molecule has 34 heavy (non-hydrogen) atoms. The first-order chi connectivity index (χ1) is 16.4. The third kappa shape index (κ3) is 5.24. The molecule has 0 atom stereocenters. The zero-order valence-corrected chi connectivity index (χ0v) is 19.4. The number of nitrogens with zero attached hydrogens (tertiary/aromatic N) is 4. The summed E-state index contributed by atoms with van der Waals surface area (Å²) in [4.78, 5) is 14.6. The number of nitrogens with one attached hydrogen (secondary N) is 1. The lowest BCUT2D eigenvalue weighted by atomic mass is 10.2. The van der Waals surface area contributed by atoms with Gasteiger partial charge in [-0.3, -0.25) is 15.5 Å². The first-order valence-electron chi connectivity index (χ1n) is 10.5. The van der Waals surface area contributed by atoms with Crippen molar-refractivity contribution in [1.29, 1.82) is 0 Å². The Morgan fingerprint density at radius 1 is 1.15 bits per heavy atom. The summed E-state index contributed by atoms with van der Waals surface area (Å²) in [5.41, 5.74) is 7.44. The normalized spacial score (nSPS) is 11.0. The Morgan fingerprint density at radius 2 is 1.88 bits per heavy atom. The van der Waals surface area contributed by atoms with E-state index in [1.54, 1.807) is 6.21 Å². The van der Waals surface area contributed by atoms with Crippen molar-refractivity contribution in [2.24, 2.45) is 5.10 Å². The van der Waals surface area contributed by atoms with E-state index in [1.165, 1.54) is 18.3 Å². The topological polar surface area (TPSA) is 94.6 Å². The molecule has 4 rings (SSSR count). The molecule has 0 unspecified atom stereocenters. The number of nitro groups is 1. The van der Waals surface area contributed by atoms with Gasteiger partial charge in [-0.25, -0.2) is 4.98 Å². The molecular weight excluding hydrogens is 454 g/mol. The van der Waals surface area contributed by atoms with Gasteiger partial charge in [-0.05, 0) is 67.9 Å². The highest BCUT2D eigenvalue weighted by atomic mass is 35.5. The maximum Gasteiger partial charge on any atom is 0.313 e. The van der Waals surface area contributed by atoms with Crippen LogP contribution in [0.2, 0.25) is 5.02 Å². The van der Waals surface area contributed by atoms with E-state index >= 15 is 0 Å². The minimum atomic E-state index is -0.500. The quantitative estimate of drug-likeness (QED) is 0.189. The van der Waals surface area contributed by atoms with Crippen molar-refractivity contribution in [2.75, 3.05) is 5.43 Å². The number of aromatic nitrogens is 2. The highest BCUT2D eigenvalue weighted by Crippen LogP contribution is 2.24. The third-order valence-electron chi connectivity index (χ3n) is 5.24. The van der Waals surface area contributed by atoms with Crippen LogP contribution in [0.3, 0.4) is 0 Å². The molecule has 0 aliphatic rings. The highest BCUT2D eigenvalue weighted by molar-refractivity contribution is 6.30. The molecule has 0 radical (unpaired) electrons. The second-order valence-electron chi connectivity index (χ2n) is 7.57. The van der Waals surface area contributed by atoms with Gasteiger partial charge in [-0.1, -0.05) is 23.7 Å². The van der Waals surface area contributed by atoms with Gasteiger partial charge in [0.15, 0.2) is 0 Å². The molecule has 0 amide bonds. The number of anilines is 1. The number of halogens is 1. The summed E-state index contributed by atoms with van der Waals surface area (Å²) in [6, 6.07) is 20.3. The number of ether oxygens (including phenoxy) is 1. The molecule has 2 aromatic carbocycles. The fourth-order valence-electron chi connectivity index (χ4n) is 3.55. The Bertz CT molecular complexity index is 1330. The molecule has 0 fully saturated rings. The van der Waals surface area contributed by atoms with Crippen LogP contribution in [0.25, 0.3) is 5.69 Å². The second kappa shape index (κ2) is 10.2. The average molecular weight is 476 g/mol. The Hall–Kier alpha value is -4.17. The van der Waals surface area contributed by atoms with E-state index in [2.05, 4.69) is 20.1 Å². The van der Waals surface area contributed by atoms with Crippen LogP contribution in [0.4, 0.5) is 11.5 Å². The number of pyridine rings is 1. The van der Waals surface area contributed by atoms with Crippen LogP contribution in [0.1, 0.15) is 22.5 Å². The highest BCUT2D eigenvalue weighted by Gasteiger charge is 2.13. The van der Waals surface area contributed by atoms with Gasteiger partial charge < -0.3 is 9.30 Å². The van der Waals surface area contributed by atoms with Crippen LogP contribution in [-0.2, 0) is 6.61 Å². The van der Waals surface area contributed by atoms with Crippen molar-refractivity contribution in [1.82, 2.24) is 9.55 Å². The molecule has 172 valence electrons. The molecule has 4 aromatic rings. The van der Waals surface area contributed by atoms with Crippen molar-refractivity contribution in [2.45, 2.75) is 20.5 Å². The van der Waals surface area contributed by atoms with Crippen molar-refractivity contribution < 1.29 is 9.66 Å². The number of hydrogen-bond donors (Lipinski definition) is 1. The summed E-state index contributed by atoms with van der Waals surface area (Å²) in [5, 5.41) is 16.0. The molecule has 0 aliphatic heterocycles. The largest absolute Gasteiger partial charge is 0.489 e. The number of benzene rings is 2. The van der Waals surface area contributed by atoms with Crippen LogP contribution in [0, 0.1) is 24.0 Å². The fraction of sp³-hybridized carbons (Fsp3) is 0.120. The van der Waals surface area contributed by atoms with Crippen LogP contribution >= 0.6 is 11.6 Å². The van der Waals surface area contributed by atoms with E-state index in [0.717, 1.165) is 34.0 Å².